The molecule has 2 unspecified atom stereocenters. The van der Waals surface area contributed by atoms with E-state index in [1.165, 1.54) is 71.1 Å². The second-order valence-electron chi connectivity index (χ2n) is 8.82. The van der Waals surface area contributed by atoms with Crippen molar-refractivity contribution in [2.75, 3.05) is 13.2 Å². The molecule has 0 aromatic heterocycles. The van der Waals surface area contributed by atoms with E-state index < -0.39 is 43.5 Å². The zero-order valence-electron chi connectivity index (χ0n) is 20.4. The summed E-state index contributed by atoms with van der Waals surface area (Å²) >= 11 is 0. The first-order chi connectivity index (χ1) is 15.4. The third kappa shape index (κ3) is 19.5. The molecule has 0 spiro atoms. The van der Waals surface area contributed by atoms with Gasteiger partial charge in [0, 0.05) is 6.92 Å². The number of unbranched alkanes of at least 4 members (excludes halogenated alkanes) is 11. The summed E-state index contributed by atoms with van der Waals surface area (Å²) in [6.45, 7) is 2.56. The Labute approximate surface area is 194 Å². The molecule has 3 N–H and O–H groups in total. The number of aliphatic hydroxyl groups excluding tert-OH is 3. The van der Waals surface area contributed by atoms with Crippen molar-refractivity contribution >= 4 is 11.9 Å². The summed E-state index contributed by atoms with van der Waals surface area (Å²) in [6, 6.07) is 0. The highest BCUT2D eigenvalue weighted by Gasteiger charge is 2.21. The second-order valence-corrected chi connectivity index (χ2v) is 8.82. The first-order valence-corrected chi connectivity index (χ1v) is 12.7. The number of esters is 2. The molecule has 0 aromatic carbocycles. The average Bonchev–Trinajstić information content (AvgIpc) is 2.76. The topological polar surface area (TPSA) is 113 Å². The molecular weight excluding hydrogens is 412 g/mol. The lowest BCUT2D eigenvalue weighted by atomic mass is 10.0. The summed E-state index contributed by atoms with van der Waals surface area (Å²) in [5.41, 5.74) is 0. The average molecular weight is 461 g/mol. The number of carbonyl (C=O) groups excluding carboxylic acids is 2. The minimum atomic E-state index is -0.975. The Morgan fingerprint density at radius 1 is 0.688 bits per heavy atom. The van der Waals surface area contributed by atoms with Crippen molar-refractivity contribution in [1.29, 1.82) is 0 Å². The van der Waals surface area contributed by atoms with Crippen molar-refractivity contribution in [2.45, 2.75) is 135 Å². The van der Waals surface area contributed by atoms with Crippen molar-refractivity contribution in [3.05, 3.63) is 0 Å². The summed E-state index contributed by atoms with van der Waals surface area (Å²) in [5, 5.41) is 28.2. The monoisotopic (exact) mass is 460 g/mol. The van der Waals surface area contributed by atoms with Crippen LogP contribution < -0.4 is 0 Å². The molecule has 32 heavy (non-hydrogen) atoms. The molecule has 0 aliphatic carbocycles. The first kappa shape index (κ1) is 30.8. The highest BCUT2D eigenvalue weighted by atomic mass is 16.6. The largest absolute Gasteiger partial charge is 0.462 e. The fourth-order valence-electron chi connectivity index (χ4n) is 3.73. The highest BCUT2D eigenvalue weighted by molar-refractivity contribution is 5.71. The second kappa shape index (κ2) is 21.7. The molecule has 0 bridgehead atoms. The van der Waals surface area contributed by atoms with Crippen molar-refractivity contribution in [1.82, 2.24) is 0 Å². The maximum atomic E-state index is 11.9. The third-order valence-electron chi connectivity index (χ3n) is 5.65. The molecule has 7 nitrogen and oxygen atoms in total. The van der Waals surface area contributed by atoms with E-state index in [-0.39, 0.29) is 6.42 Å². The lowest BCUT2D eigenvalue weighted by Crippen LogP contribution is -2.29. The molecule has 0 aliphatic rings. The van der Waals surface area contributed by atoms with Gasteiger partial charge in [-0.2, -0.15) is 0 Å². The quantitative estimate of drug-likeness (QED) is 0.162. The number of rotatable bonds is 22. The van der Waals surface area contributed by atoms with Crippen LogP contribution >= 0.6 is 0 Å². The molecule has 0 radical (unpaired) electrons. The predicted octanol–water partition coefficient (Wildman–Crippen LogP) is 4.44. The van der Waals surface area contributed by atoms with E-state index >= 15 is 0 Å². The van der Waals surface area contributed by atoms with Crippen molar-refractivity contribution in [3.63, 3.8) is 0 Å². The van der Waals surface area contributed by atoms with E-state index in [1.54, 1.807) is 0 Å². The van der Waals surface area contributed by atoms with Crippen LogP contribution in [-0.2, 0) is 19.1 Å². The van der Waals surface area contributed by atoms with Crippen LogP contribution in [0.25, 0.3) is 0 Å². The molecule has 190 valence electrons. The summed E-state index contributed by atoms with van der Waals surface area (Å²) in [6.07, 6.45) is 14.4. The molecule has 0 rings (SSSR count). The van der Waals surface area contributed by atoms with Gasteiger partial charge in [-0.1, -0.05) is 84.0 Å². The Morgan fingerprint density at radius 2 is 1.19 bits per heavy atom. The Bertz CT molecular complexity index is 452. The molecule has 0 amide bonds. The zero-order valence-corrected chi connectivity index (χ0v) is 20.4. The molecule has 2 atom stereocenters. The Kier molecular flexibility index (Phi) is 20.9. The van der Waals surface area contributed by atoms with E-state index in [1.807, 2.05) is 0 Å². The van der Waals surface area contributed by atoms with E-state index in [0.29, 0.717) is 19.3 Å². The van der Waals surface area contributed by atoms with Crippen LogP contribution in [0.1, 0.15) is 117 Å². The number of hydrogen-bond donors (Lipinski definition) is 3. The predicted molar refractivity (Wildman–Crippen MR) is 125 cm³/mol. The summed E-state index contributed by atoms with van der Waals surface area (Å²) in [5.74, 6) is -1.15. The minimum Gasteiger partial charge on any atom is -0.462 e. The van der Waals surface area contributed by atoms with Crippen LogP contribution in [0.2, 0.25) is 0 Å². The highest BCUT2D eigenvalue weighted by Crippen LogP contribution is 2.16. The lowest BCUT2D eigenvalue weighted by molar-refractivity contribution is -0.160. The van der Waals surface area contributed by atoms with Gasteiger partial charge in [0.05, 0.1) is 25.7 Å². The fourth-order valence-corrected chi connectivity index (χ4v) is 3.73. The normalized spacial score (nSPS) is 13.2. The van der Waals surface area contributed by atoms with Gasteiger partial charge < -0.3 is 24.8 Å². The Hall–Kier alpha value is -1.18. The van der Waals surface area contributed by atoms with Gasteiger partial charge in [0.1, 0.15) is 12.2 Å². The van der Waals surface area contributed by atoms with Crippen molar-refractivity contribution < 1.29 is 34.4 Å². The number of carbonyl (C=O) groups is 2. The van der Waals surface area contributed by atoms with Gasteiger partial charge in [-0.05, 0) is 19.3 Å². The van der Waals surface area contributed by atoms with E-state index in [2.05, 4.69) is 6.92 Å². The summed E-state index contributed by atoms with van der Waals surface area (Å²) < 4.78 is 10.1. The maximum absolute atomic E-state index is 11.9. The minimum absolute atomic E-state index is 0.165. The van der Waals surface area contributed by atoms with E-state index in [9.17, 15) is 14.7 Å². The third-order valence-corrected chi connectivity index (χ3v) is 5.65. The van der Waals surface area contributed by atoms with Gasteiger partial charge in [-0.15, -0.1) is 0 Å². The lowest BCUT2D eigenvalue weighted by Gasteiger charge is -2.20. The SMILES string of the molecule is CCCCCCCCCCCCCCC(O)CCC(CC(=O)OC(CO)CO)OC(C)=O. The summed E-state index contributed by atoms with van der Waals surface area (Å²) in [4.78, 5) is 23.2. The molecule has 0 saturated carbocycles. The molecule has 0 heterocycles. The van der Waals surface area contributed by atoms with Crippen molar-refractivity contribution in [2.24, 2.45) is 0 Å². The first-order valence-electron chi connectivity index (χ1n) is 12.7. The van der Waals surface area contributed by atoms with Gasteiger partial charge in [0.25, 0.3) is 0 Å². The number of hydrogen-bond acceptors (Lipinski definition) is 7. The standard InChI is InChI=1S/C25H48O7/c1-3-4-5-6-7-8-9-10-11-12-13-14-15-22(29)16-17-23(31-21(2)28)18-25(30)32-24(19-26)20-27/h22-24,26-27,29H,3-20H2,1-2H3. The Morgan fingerprint density at radius 3 is 1.66 bits per heavy atom. The zero-order chi connectivity index (χ0) is 24.0. The van der Waals surface area contributed by atoms with Crippen molar-refractivity contribution in [3.8, 4) is 0 Å². The van der Waals surface area contributed by atoms with Crippen LogP contribution in [0.15, 0.2) is 0 Å². The van der Waals surface area contributed by atoms with Gasteiger partial charge in [-0.25, -0.2) is 0 Å². The van der Waals surface area contributed by atoms with Crippen LogP contribution in [0.4, 0.5) is 0 Å². The molecule has 0 fully saturated rings. The number of aliphatic hydroxyl groups is 3. The summed E-state index contributed by atoms with van der Waals surface area (Å²) in [7, 11) is 0. The van der Waals surface area contributed by atoms with Gasteiger partial charge in [-0.3, -0.25) is 9.59 Å². The van der Waals surface area contributed by atoms with Gasteiger partial charge in [0.15, 0.2) is 0 Å². The molecule has 0 aromatic rings. The Balaban J connectivity index is 3.86. The van der Waals surface area contributed by atoms with Crippen LogP contribution in [-0.4, -0.2) is 58.8 Å². The van der Waals surface area contributed by atoms with Crippen LogP contribution in [0.3, 0.4) is 0 Å². The smallest absolute Gasteiger partial charge is 0.309 e. The van der Waals surface area contributed by atoms with Gasteiger partial charge >= 0.3 is 11.9 Å². The fraction of sp³-hybridized carbons (Fsp3) is 0.920. The van der Waals surface area contributed by atoms with Crippen LogP contribution in [0.5, 0.6) is 0 Å². The van der Waals surface area contributed by atoms with E-state index in [0.717, 1.165) is 12.8 Å². The number of ether oxygens (including phenoxy) is 2. The van der Waals surface area contributed by atoms with Gasteiger partial charge in [0.2, 0.25) is 0 Å². The molecule has 7 heteroatoms. The molecule has 0 saturated heterocycles. The van der Waals surface area contributed by atoms with Crippen LogP contribution in [0, 0.1) is 0 Å². The molecular formula is C25H48O7. The maximum Gasteiger partial charge on any atom is 0.309 e. The van der Waals surface area contributed by atoms with E-state index in [4.69, 9.17) is 19.7 Å². The molecule has 0 aliphatic heterocycles.